The first-order chi connectivity index (χ1) is 28.7. The van der Waals surface area contributed by atoms with E-state index in [1.54, 1.807) is 0 Å². The first kappa shape index (κ1) is 34.0. The van der Waals surface area contributed by atoms with Gasteiger partial charge in [0, 0.05) is 37.1 Å². The Hall–Kier alpha value is -7.26. The fourth-order valence-electron chi connectivity index (χ4n) is 8.57. The second-order valence-electron chi connectivity index (χ2n) is 14.9. The number of hydrogen-bond acceptors (Lipinski definition) is 2. The maximum Gasteiger partial charge on any atom is 0.0540 e. The van der Waals surface area contributed by atoms with E-state index >= 15 is 0 Å². The summed E-state index contributed by atoms with van der Waals surface area (Å²) >= 11 is 1.88. The predicted molar refractivity (Wildman–Crippen MR) is 251 cm³/mol. The van der Waals surface area contributed by atoms with E-state index in [9.17, 15) is 0 Å². The highest BCUT2D eigenvalue weighted by atomic mass is 32.1. The van der Waals surface area contributed by atoms with E-state index in [4.69, 9.17) is 0 Å². The minimum absolute atomic E-state index is 1.10. The molecule has 1 heterocycles. The fraction of sp³-hybridized carbons (Fsp3) is 0. The van der Waals surface area contributed by atoms with Gasteiger partial charge in [-0.3, -0.25) is 0 Å². The molecular weight excluding hydrogens is 719 g/mol. The first-order valence-corrected chi connectivity index (χ1v) is 20.6. The summed E-state index contributed by atoms with van der Waals surface area (Å²) < 4.78 is 2.65. The van der Waals surface area contributed by atoms with Gasteiger partial charge in [-0.25, -0.2) is 0 Å². The zero-order valence-electron chi connectivity index (χ0n) is 31.7. The Morgan fingerprint density at radius 3 is 1.62 bits per heavy atom. The summed E-state index contributed by atoms with van der Waals surface area (Å²) in [6.07, 6.45) is 0. The summed E-state index contributed by atoms with van der Waals surface area (Å²) in [6.45, 7) is 0. The van der Waals surface area contributed by atoms with Crippen LogP contribution in [-0.2, 0) is 0 Å². The standard InChI is InChI=1S/C56H37NS/c1-2-11-38(12-3-1)39-21-23-42(24-22-39)50-15-6-8-19-54(50)57(47-34-29-43(30-35-47)51-17-10-18-53-52-16-7-9-20-55(52)58-56(51)53)46-32-27-40(28-33-46)44-31-36-49-45(37-44)26-25-41-13-4-5-14-48(41)49/h1-37H. The van der Waals surface area contributed by atoms with Crippen molar-refractivity contribution < 1.29 is 0 Å². The maximum absolute atomic E-state index is 2.40. The van der Waals surface area contributed by atoms with Gasteiger partial charge in [0.2, 0.25) is 0 Å². The van der Waals surface area contributed by atoms with Gasteiger partial charge in [-0.15, -0.1) is 11.3 Å². The van der Waals surface area contributed by atoms with Crippen molar-refractivity contribution in [2.45, 2.75) is 0 Å². The Morgan fingerprint density at radius 1 is 0.293 bits per heavy atom. The lowest BCUT2D eigenvalue weighted by Gasteiger charge is -2.28. The van der Waals surface area contributed by atoms with Gasteiger partial charge in [0.15, 0.2) is 0 Å². The van der Waals surface area contributed by atoms with Gasteiger partial charge >= 0.3 is 0 Å². The van der Waals surface area contributed by atoms with Gasteiger partial charge in [-0.1, -0.05) is 182 Å². The number of anilines is 3. The number of thiophene rings is 1. The normalized spacial score (nSPS) is 11.4. The van der Waals surface area contributed by atoms with Crippen molar-refractivity contribution in [1.82, 2.24) is 0 Å². The molecule has 0 saturated heterocycles. The molecule has 0 aliphatic rings. The van der Waals surface area contributed by atoms with Crippen LogP contribution >= 0.6 is 11.3 Å². The van der Waals surface area contributed by atoms with Crippen LogP contribution in [0.1, 0.15) is 0 Å². The lowest BCUT2D eigenvalue weighted by molar-refractivity contribution is 1.28. The highest BCUT2D eigenvalue weighted by molar-refractivity contribution is 7.26. The van der Waals surface area contributed by atoms with Gasteiger partial charge in [0.25, 0.3) is 0 Å². The Kier molecular flexibility index (Phi) is 8.42. The molecule has 0 aliphatic carbocycles. The topological polar surface area (TPSA) is 3.24 Å². The van der Waals surface area contributed by atoms with Crippen LogP contribution in [0, 0.1) is 0 Å². The molecule has 0 saturated carbocycles. The van der Waals surface area contributed by atoms with E-state index in [0.29, 0.717) is 0 Å². The van der Waals surface area contributed by atoms with Crippen LogP contribution in [0.15, 0.2) is 224 Å². The molecule has 0 unspecified atom stereocenters. The maximum atomic E-state index is 2.40. The van der Waals surface area contributed by atoms with E-state index in [-0.39, 0.29) is 0 Å². The van der Waals surface area contributed by atoms with Crippen LogP contribution in [-0.4, -0.2) is 0 Å². The highest BCUT2D eigenvalue weighted by Crippen LogP contribution is 2.44. The van der Waals surface area contributed by atoms with Gasteiger partial charge in [-0.2, -0.15) is 0 Å². The van der Waals surface area contributed by atoms with E-state index in [0.717, 1.165) is 17.1 Å². The number of hydrogen-bond donors (Lipinski definition) is 0. The highest BCUT2D eigenvalue weighted by Gasteiger charge is 2.19. The fourth-order valence-corrected chi connectivity index (χ4v) is 9.81. The van der Waals surface area contributed by atoms with Crippen LogP contribution < -0.4 is 4.90 Å². The molecular formula is C56H37NS. The van der Waals surface area contributed by atoms with Crippen molar-refractivity contribution in [2.75, 3.05) is 4.90 Å². The SMILES string of the molecule is c1ccc(-c2ccc(-c3ccccc3N(c3ccc(-c4ccc5c(ccc6ccccc65)c4)cc3)c3ccc(-c4cccc5c4sc4ccccc45)cc3)cc2)cc1. The van der Waals surface area contributed by atoms with Crippen LogP contribution in [0.2, 0.25) is 0 Å². The molecule has 58 heavy (non-hydrogen) atoms. The zero-order chi connectivity index (χ0) is 38.4. The molecule has 0 amide bonds. The van der Waals surface area contributed by atoms with Crippen LogP contribution in [0.4, 0.5) is 17.1 Å². The molecule has 0 atom stereocenters. The molecule has 272 valence electrons. The van der Waals surface area contributed by atoms with E-state index in [2.05, 4.69) is 229 Å². The van der Waals surface area contributed by atoms with Crippen LogP contribution in [0.3, 0.4) is 0 Å². The summed E-state index contributed by atoms with van der Waals surface area (Å²) in [4.78, 5) is 2.40. The molecule has 0 spiro atoms. The van der Waals surface area contributed by atoms with Crippen molar-refractivity contribution in [2.24, 2.45) is 0 Å². The Bertz CT molecular complexity index is 3250. The quantitative estimate of drug-likeness (QED) is 0.146. The van der Waals surface area contributed by atoms with E-state index in [1.165, 1.54) is 86.2 Å². The number of para-hydroxylation sites is 1. The third-order valence-corrected chi connectivity index (χ3v) is 12.7. The largest absolute Gasteiger partial charge is 0.310 e. The minimum Gasteiger partial charge on any atom is -0.310 e. The van der Waals surface area contributed by atoms with Gasteiger partial charge < -0.3 is 4.90 Å². The van der Waals surface area contributed by atoms with Crippen molar-refractivity contribution in [3.63, 3.8) is 0 Å². The van der Waals surface area contributed by atoms with Crippen molar-refractivity contribution in [1.29, 1.82) is 0 Å². The molecule has 2 heteroatoms. The minimum atomic E-state index is 1.10. The van der Waals surface area contributed by atoms with Crippen LogP contribution in [0.5, 0.6) is 0 Å². The number of rotatable bonds is 7. The summed E-state index contributed by atoms with van der Waals surface area (Å²) in [5, 5.41) is 7.73. The monoisotopic (exact) mass is 755 g/mol. The second-order valence-corrected chi connectivity index (χ2v) is 15.9. The van der Waals surface area contributed by atoms with Gasteiger partial charge in [0.1, 0.15) is 0 Å². The molecule has 0 radical (unpaired) electrons. The molecule has 0 aliphatic heterocycles. The number of nitrogens with zero attached hydrogens (tertiary/aromatic N) is 1. The van der Waals surface area contributed by atoms with Gasteiger partial charge in [0.05, 0.1) is 5.69 Å². The smallest absolute Gasteiger partial charge is 0.0540 e. The van der Waals surface area contributed by atoms with E-state index in [1.807, 2.05) is 11.3 Å². The lowest BCUT2D eigenvalue weighted by atomic mass is 9.96. The predicted octanol–water partition coefficient (Wildman–Crippen LogP) is 16.5. The Labute approximate surface area is 342 Å². The molecule has 11 rings (SSSR count). The summed E-state index contributed by atoms with van der Waals surface area (Å²) in [5.41, 5.74) is 13.0. The molecule has 0 bridgehead atoms. The first-order valence-electron chi connectivity index (χ1n) is 19.8. The Morgan fingerprint density at radius 2 is 0.810 bits per heavy atom. The number of fused-ring (bicyclic) bond motifs is 6. The third-order valence-electron chi connectivity index (χ3n) is 11.5. The summed E-state index contributed by atoms with van der Waals surface area (Å²) in [7, 11) is 0. The molecule has 0 fully saturated rings. The molecule has 11 aromatic rings. The average molecular weight is 756 g/mol. The Balaban J connectivity index is 1.01. The van der Waals surface area contributed by atoms with E-state index < -0.39 is 0 Å². The van der Waals surface area contributed by atoms with Crippen LogP contribution in [0.25, 0.3) is 86.2 Å². The molecule has 10 aromatic carbocycles. The molecule has 0 N–H and O–H groups in total. The second kappa shape index (κ2) is 14.4. The number of benzene rings is 10. The molecule has 1 aromatic heterocycles. The third kappa shape index (κ3) is 6.03. The summed E-state index contributed by atoms with van der Waals surface area (Å²) in [6, 6.07) is 81.9. The molecule has 1 nitrogen and oxygen atoms in total. The van der Waals surface area contributed by atoms with Crippen molar-refractivity contribution in [3.05, 3.63) is 224 Å². The van der Waals surface area contributed by atoms with Gasteiger partial charge in [-0.05, 0) is 103 Å². The lowest BCUT2D eigenvalue weighted by Crippen LogP contribution is -2.11. The average Bonchev–Trinajstić information content (AvgIpc) is 3.69. The summed E-state index contributed by atoms with van der Waals surface area (Å²) in [5.74, 6) is 0. The van der Waals surface area contributed by atoms with Crippen molar-refractivity contribution in [3.8, 4) is 44.5 Å². The van der Waals surface area contributed by atoms with Crippen molar-refractivity contribution >= 4 is 70.1 Å². The zero-order valence-corrected chi connectivity index (χ0v) is 32.5.